The van der Waals surface area contributed by atoms with Gasteiger partial charge in [-0.1, -0.05) is 11.6 Å². The second kappa shape index (κ2) is 10.2. The molecule has 4 rings (SSSR count). The van der Waals surface area contributed by atoms with Gasteiger partial charge in [-0.2, -0.15) is 0 Å². The number of pyridine rings is 1. The standard InChI is InChI=1S/C25H31ClN4O3/c1-16-6-7-19(13-27-16)24(31)28-22-12-21(26)11-20(18(22)3)15-29-8-9-30(17(2)14-29)25(32)23-5-4-10-33-23/h6-7,11-13,17,23H,4-5,8-10,14-15H2,1-3H3,(H,28,31)/t17-,23-/m0/s1. The highest BCUT2D eigenvalue weighted by Crippen LogP contribution is 2.27. The summed E-state index contributed by atoms with van der Waals surface area (Å²) >= 11 is 6.41. The molecule has 2 aromatic rings. The lowest BCUT2D eigenvalue weighted by atomic mass is 10.0. The number of benzene rings is 1. The molecule has 0 radical (unpaired) electrons. The molecule has 0 unspecified atom stereocenters. The van der Waals surface area contributed by atoms with Crippen LogP contribution in [-0.4, -0.2) is 65.0 Å². The Kier molecular flexibility index (Phi) is 7.32. The van der Waals surface area contributed by atoms with Crippen molar-refractivity contribution < 1.29 is 14.3 Å². The van der Waals surface area contributed by atoms with Crippen molar-refractivity contribution in [3.63, 3.8) is 0 Å². The van der Waals surface area contributed by atoms with Crippen LogP contribution in [0, 0.1) is 13.8 Å². The molecule has 0 saturated carbocycles. The van der Waals surface area contributed by atoms with E-state index in [1.807, 2.05) is 30.9 Å². The molecule has 2 amide bonds. The lowest BCUT2D eigenvalue weighted by Gasteiger charge is -2.41. The van der Waals surface area contributed by atoms with E-state index in [2.05, 4.69) is 22.1 Å². The molecule has 2 atom stereocenters. The van der Waals surface area contributed by atoms with Crippen LogP contribution in [0.4, 0.5) is 5.69 Å². The van der Waals surface area contributed by atoms with Crippen LogP contribution in [0.25, 0.3) is 0 Å². The van der Waals surface area contributed by atoms with Gasteiger partial charge in [0.25, 0.3) is 11.8 Å². The van der Waals surface area contributed by atoms with Crippen molar-refractivity contribution >= 4 is 29.1 Å². The molecular weight excluding hydrogens is 440 g/mol. The number of hydrogen-bond donors (Lipinski definition) is 1. The molecular formula is C25H31ClN4O3. The molecule has 7 nitrogen and oxygen atoms in total. The molecule has 3 heterocycles. The molecule has 2 saturated heterocycles. The molecule has 0 spiro atoms. The summed E-state index contributed by atoms with van der Waals surface area (Å²) in [6.45, 7) is 9.59. The summed E-state index contributed by atoms with van der Waals surface area (Å²) in [5.74, 6) is -0.0946. The van der Waals surface area contributed by atoms with E-state index in [-0.39, 0.29) is 24.0 Å². The van der Waals surface area contributed by atoms with Crippen molar-refractivity contribution in [2.24, 2.45) is 0 Å². The average Bonchev–Trinajstić information content (AvgIpc) is 3.32. The average molecular weight is 471 g/mol. The highest BCUT2D eigenvalue weighted by Gasteiger charge is 2.34. The molecule has 176 valence electrons. The second-order valence-corrected chi connectivity index (χ2v) is 9.43. The lowest BCUT2D eigenvalue weighted by molar-refractivity contribution is -0.145. The van der Waals surface area contributed by atoms with Gasteiger partial charge in [0.1, 0.15) is 6.10 Å². The van der Waals surface area contributed by atoms with E-state index in [9.17, 15) is 9.59 Å². The first-order valence-electron chi connectivity index (χ1n) is 11.5. The number of aromatic nitrogens is 1. The van der Waals surface area contributed by atoms with Gasteiger partial charge in [0, 0.05) is 61.4 Å². The van der Waals surface area contributed by atoms with Crippen LogP contribution in [0.15, 0.2) is 30.5 Å². The van der Waals surface area contributed by atoms with Gasteiger partial charge in [0.05, 0.1) is 5.56 Å². The maximum Gasteiger partial charge on any atom is 0.257 e. The molecule has 1 N–H and O–H groups in total. The summed E-state index contributed by atoms with van der Waals surface area (Å²) in [5.41, 5.74) is 4.11. The second-order valence-electron chi connectivity index (χ2n) is 9.00. The van der Waals surface area contributed by atoms with Crippen molar-refractivity contribution in [3.05, 3.63) is 57.9 Å². The fourth-order valence-electron chi connectivity index (χ4n) is 4.53. The fraction of sp³-hybridized carbons (Fsp3) is 0.480. The van der Waals surface area contributed by atoms with E-state index in [0.717, 1.165) is 42.8 Å². The van der Waals surface area contributed by atoms with E-state index >= 15 is 0 Å². The molecule has 2 fully saturated rings. The SMILES string of the molecule is Cc1ccc(C(=O)Nc2cc(Cl)cc(CN3CCN(C(=O)[C@@H]4CCCO4)[C@@H](C)C3)c2C)cn1. The van der Waals surface area contributed by atoms with Gasteiger partial charge in [-0.05, 0) is 69.0 Å². The normalized spacial score (nSPS) is 21.3. The number of nitrogens with zero attached hydrogens (tertiary/aromatic N) is 3. The zero-order valence-electron chi connectivity index (χ0n) is 19.4. The third kappa shape index (κ3) is 5.54. The number of anilines is 1. The first kappa shape index (κ1) is 23.7. The Bertz CT molecular complexity index is 1020. The number of ether oxygens (including phenoxy) is 1. The number of amides is 2. The van der Waals surface area contributed by atoms with Gasteiger partial charge in [-0.25, -0.2) is 0 Å². The maximum absolute atomic E-state index is 12.8. The van der Waals surface area contributed by atoms with Crippen molar-refractivity contribution in [2.75, 3.05) is 31.6 Å². The number of halogens is 1. The van der Waals surface area contributed by atoms with E-state index in [1.165, 1.54) is 0 Å². The molecule has 2 aliphatic rings. The Morgan fingerprint density at radius 2 is 2.06 bits per heavy atom. The van der Waals surface area contributed by atoms with Gasteiger partial charge in [0.15, 0.2) is 0 Å². The van der Waals surface area contributed by atoms with E-state index in [4.69, 9.17) is 16.3 Å². The summed E-state index contributed by atoms with van der Waals surface area (Å²) in [5, 5.41) is 3.55. The van der Waals surface area contributed by atoms with Crippen molar-refractivity contribution in [1.82, 2.24) is 14.8 Å². The molecule has 0 bridgehead atoms. The smallest absolute Gasteiger partial charge is 0.257 e. The maximum atomic E-state index is 12.8. The van der Waals surface area contributed by atoms with Crippen LogP contribution in [0.3, 0.4) is 0 Å². The topological polar surface area (TPSA) is 74.8 Å². The van der Waals surface area contributed by atoms with Gasteiger partial charge in [-0.3, -0.25) is 19.5 Å². The number of nitrogens with one attached hydrogen (secondary N) is 1. The Balaban J connectivity index is 1.42. The predicted molar refractivity (Wildman–Crippen MR) is 129 cm³/mol. The Morgan fingerprint density at radius 1 is 1.24 bits per heavy atom. The van der Waals surface area contributed by atoms with Crippen molar-refractivity contribution in [3.8, 4) is 0 Å². The summed E-state index contributed by atoms with van der Waals surface area (Å²) in [4.78, 5) is 34.0. The fourth-order valence-corrected chi connectivity index (χ4v) is 4.77. The third-order valence-corrected chi connectivity index (χ3v) is 6.71. The van der Waals surface area contributed by atoms with Gasteiger partial charge < -0.3 is 15.0 Å². The number of rotatable bonds is 5. The minimum Gasteiger partial charge on any atom is -0.368 e. The largest absolute Gasteiger partial charge is 0.368 e. The molecule has 1 aromatic carbocycles. The number of hydrogen-bond acceptors (Lipinski definition) is 5. The van der Waals surface area contributed by atoms with E-state index in [0.29, 0.717) is 36.0 Å². The van der Waals surface area contributed by atoms with Crippen LogP contribution < -0.4 is 5.32 Å². The molecule has 2 aliphatic heterocycles. The molecule has 1 aromatic heterocycles. The lowest BCUT2D eigenvalue weighted by Crippen LogP contribution is -2.55. The van der Waals surface area contributed by atoms with Crippen LogP contribution in [-0.2, 0) is 16.1 Å². The summed E-state index contributed by atoms with van der Waals surface area (Å²) < 4.78 is 5.59. The summed E-state index contributed by atoms with van der Waals surface area (Å²) in [6, 6.07) is 7.42. The Morgan fingerprint density at radius 3 is 2.73 bits per heavy atom. The number of piperazine rings is 1. The first-order chi connectivity index (χ1) is 15.8. The third-order valence-electron chi connectivity index (χ3n) is 6.50. The van der Waals surface area contributed by atoms with E-state index in [1.54, 1.807) is 18.3 Å². The number of carbonyl (C=O) groups excluding carboxylic acids is 2. The highest BCUT2D eigenvalue weighted by molar-refractivity contribution is 6.31. The number of aryl methyl sites for hydroxylation is 1. The van der Waals surface area contributed by atoms with Gasteiger partial charge >= 0.3 is 0 Å². The zero-order chi connectivity index (χ0) is 23.5. The van der Waals surface area contributed by atoms with Crippen LogP contribution in [0.5, 0.6) is 0 Å². The molecule has 0 aliphatic carbocycles. The summed E-state index contributed by atoms with van der Waals surface area (Å²) in [6.07, 6.45) is 3.08. The molecule has 8 heteroatoms. The minimum atomic E-state index is -0.274. The van der Waals surface area contributed by atoms with E-state index < -0.39 is 0 Å². The Labute approximate surface area is 200 Å². The monoisotopic (exact) mass is 470 g/mol. The van der Waals surface area contributed by atoms with Gasteiger partial charge in [0.2, 0.25) is 0 Å². The highest BCUT2D eigenvalue weighted by atomic mass is 35.5. The van der Waals surface area contributed by atoms with Crippen LogP contribution in [0.1, 0.15) is 46.9 Å². The predicted octanol–water partition coefficient (Wildman–Crippen LogP) is 3.82. The van der Waals surface area contributed by atoms with Crippen molar-refractivity contribution in [2.45, 2.75) is 52.3 Å². The van der Waals surface area contributed by atoms with Gasteiger partial charge in [-0.15, -0.1) is 0 Å². The van der Waals surface area contributed by atoms with Crippen LogP contribution in [0.2, 0.25) is 5.02 Å². The molecule has 33 heavy (non-hydrogen) atoms. The minimum absolute atomic E-state index is 0.114. The zero-order valence-corrected chi connectivity index (χ0v) is 20.2. The van der Waals surface area contributed by atoms with Crippen LogP contribution >= 0.6 is 11.6 Å². The first-order valence-corrected chi connectivity index (χ1v) is 11.9. The summed E-state index contributed by atoms with van der Waals surface area (Å²) in [7, 11) is 0. The van der Waals surface area contributed by atoms with Crippen molar-refractivity contribution in [1.29, 1.82) is 0 Å². The number of carbonyl (C=O) groups is 2. The quantitative estimate of drug-likeness (QED) is 0.719. The Hall–Kier alpha value is -2.48.